The Kier molecular flexibility index (Phi) is 5.52. The van der Waals surface area contributed by atoms with Crippen LogP contribution >= 0.6 is 26.2 Å². The molecule has 0 unspecified atom stereocenters. The summed E-state index contributed by atoms with van der Waals surface area (Å²) in [5.41, 5.74) is 3.70. The number of amides is 1. The third-order valence-corrected chi connectivity index (χ3v) is 7.37. The molecule has 7 nitrogen and oxygen atoms in total. The first kappa shape index (κ1) is 25.9. The van der Waals surface area contributed by atoms with Gasteiger partial charge in [-0.2, -0.15) is 10.2 Å². The Morgan fingerprint density at radius 1 is 0.947 bits per heavy atom. The topological polar surface area (TPSA) is 77.1 Å². The summed E-state index contributed by atoms with van der Waals surface area (Å²) in [4.78, 5) is 10.7. The normalized spacial score (nSPS) is 13.8. The van der Waals surface area contributed by atoms with Gasteiger partial charge in [-0.05, 0) is 61.4 Å². The van der Waals surface area contributed by atoms with Crippen LogP contribution in [-0.2, 0) is 0 Å². The van der Waals surface area contributed by atoms with Crippen molar-refractivity contribution in [1.29, 1.82) is 0 Å². The molecule has 0 atom stereocenters. The molecule has 1 N–H and O–H groups in total. The summed E-state index contributed by atoms with van der Waals surface area (Å²) in [6, 6.07) is 10.2. The van der Waals surface area contributed by atoms with E-state index in [0.717, 1.165) is 11.6 Å². The Balaban J connectivity index is 1.52. The maximum atomic E-state index is 13.4. The van der Waals surface area contributed by atoms with Crippen LogP contribution < -0.4 is 5.32 Å². The van der Waals surface area contributed by atoms with Crippen LogP contribution in [0.25, 0.3) is 22.7 Å². The van der Waals surface area contributed by atoms with Gasteiger partial charge in [-0.15, -0.1) is 5.10 Å². The summed E-state index contributed by atoms with van der Waals surface area (Å²) in [5, 5.41) is 15.0. The number of rotatable bonds is 5. The third-order valence-electron chi connectivity index (χ3n) is 5.78. The van der Waals surface area contributed by atoms with Gasteiger partial charge in [0.25, 0.3) is 5.91 Å². The Morgan fingerprint density at radius 3 is 2.39 bits per heavy atom. The first-order chi connectivity index (χ1) is 17.6. The molecule has 0 aliphatic carbocycles. The van der Waals surface area contributed by atoms with Crippen molar-refractivity contribution < 1.29 is 24.2 Å². The number of carbonyl (C=O) groups is 1. The largest absolute Gasteiger partial charge is 0.322 e. The number of halogens is 6. The molecule has 0 spiro atoms. The van der Waals surface area contributed by atoms with Crippen molar-refractivity contribution >= 4 is 43.4 Å². The number of aromatic nitrogens is 5. The molecule has 2 aromatic carbocycles. The second kappa shape index (κ2) is 8.11. The lowest BCUT2D eigenvalue weighted by molar-refractivity contribution is 0.102. The van der Waals surface area contributed by atoms with E-state index in [2.05, 4.69) is 36.5 Å². The predicted octanol–water partition coefficient (Wildman–Crippen LogP) is 7.87. The predicted molar refractivity (Wildman–Crippen MR) is 139 cm³/mol. The number of carbonyl (C=O) groups excluding carboxylic acids is 1. The fourth-order valence-electron chi connectivity index (χ4n) is 3.99. The third kappa shape index (κ3) is 5.00. The highest BCUT2D eigenvalue weighted by molar-refractivity contribution is 9.10. The van der Waals surface area contributed by atoms with Crippen molar-refractivity contribution in [2.75, 3.05) is 5.32 Å². The molecule has 0 aliphatic rings. The number of aryl methyl sites for hydroxylation is 2. The Morgan fingerprint density at radius 2 is 1.71 bits per heavy atom. The van der Waals surface area contributed by atoms with Gasteiger partial charge in [0.2, 0.25) is 0 Å². The first-order valence-corrected chi connectivity index (χ1v) is 13.7. The second-order valence-corrected chi connectivity index (χ2v) is 12.0. The minimum absolute atomic E-state index is 0.155. The SMILES string of the molecule is Cc1cc(C)c(-n2ccn3nc(-c4cccnn4)cc23)cc1NC(=O)c1cc(Br)cc(S(F)(F)(F)(F)F)c1. The lowest BCUT2D eigenvalue weighted by Gasteiger charge is -2.40. The van der Waals surface area contributed by atoms with Gasteiger partial charge in [-0.25, -0.2) is 4.52 Å². The van der Waals surface area contributed by atoms with Crippen molar-refractivity contribution in [3.05, 3.63) is 88.3 Å². The van der Waals surface area contributed by atoms with Crippen molar-refractivity contribution in [3.8, 4) is 17.1 Å². The molecule has 3 aromatic heterocycles. The van der Waals surface area contributed by atoms with Crippen LogP contribution in [0, 0.1) is 13.8 Å². The van der Waals surface area contributed by atoms with E-state index in [9.17, 15) is 24.2 Å². The molecule has 38 heavy (non-hydrogen) atoms. The zero-order chi connectivity index (χ0) is 27.5. The van der Waals surface area contributed by atoms with Crippen LogP contribution in [0.4, 0.5) is 25.1 Å². The summed E-state index contributed by atoms with van der Waals surface area (Å²) < 4.78 is 70.1. The van der Waals surface area contributed by atoms with Crippen LogP contribution in [-0.4, -0.2) is 30.3 Å². The van der Waals surface area contributed by atoms with Crippen LogP contribution in [0.2, 0.25) is 0 Å². The monoisotopic (exact) mass is 612 g/mol. The average molecular weight is 613 g/mol. The van der Waals surface area contributed by atoms with E-state index in [-0.39, 0.29) is 16.6 Å². The lowest BCUT2D eigenvalue weighted by atomic mass is 10.1. The maximum Gasteiger partial charge on any atom is 0.310 e. The number of imidazole rings is 1. The van der Waals surface area contributed by atoms with E-state index in [1.54, 1.807) is 54.3 Å². The average Bonchev–Trinajstić information content (AvgIpc) is 3.41. The van der Waals surface area contributed by atoms with Gasteiger partial charge < -0.3 is 5.32 Å². The number of hydrogen-bond acceptors (Lipinski definition) is 4. The van der Waals surface area contributed by atoms with Crippen molar-refractivity contribution in [1.82, 2.24) is 24.4 Å². The van der Waals surface area contributed by atoms with E-state index in [0.29, 0.717) is 34.0 Å². The zero-order valence-electron chi connectivity index (χ0n) is 19.7. The van der Waals surface area contributed by atoms with Crippen LogP contribution in [0.15, 0.2) is 76.5 Å². The number of fused-ring (bicyclic) bond motifs is 1. The smallest absolute Gasteiger partial charge is 0.310 e. The van der Waals surface area contributed by atoms with Crippen molar-refractivity contribution in [2.45, 2.75) is 18.7 Å². The van der Waals surface area contributed by atoms with Crippen molar-refractivity contribution in [3.63, 3.8) is 0 Å². The highest BCUT2D eigenvalue weighted by atomic mass is 79.9. The maximum absolute atomic E-state index is 13.4. The molecule has 0 saturated carbocycles. The zero-order valence-corrected chi connectivity index (χ0v) is 22.1. The molecule has 5 aromatic rings. The van der Waals surface area contributed by atoms with E-state index in [1.807, 2.05) is 17.6 Å². The fraction of sp³-hybridized carbons (Fsp3) is 0.0833. The first-order valence-electron chi connectivity index (χ1n) is 10.9. The number of hydrogen-bond donors (Lipinski definition) is 1. The minimum atomic E-state index is -10.00. The lowest BCUT2D eigenvalue weighted by Crippen LogP contribution is -2.15. The Hall–Kier alpha value is -3.78. The molecule has 3 heterocycles. The molecular formula is C24H18BrF5N6OS. The summed E-state index contributed by atoms with van der Waals surface area (Å²) in [6.07, 6.45) is 5.05. The second-order valence-electron chi connectivity index (χ2n) is 8.66. The van der Waals surface area contributed by atoms with Gasteiger partial charge in [0.05, 0.1) is 5.69 Å². The van der Waals surface area contributed by atoms with Gasteiger partial charge in [0.1, 0.15) is 21.9 Å². The molecule has 198 valence electrons. The molecular weight excluding hydrogens is 595 g/mol. The van der Waals surface area contributed by atoms with Crippen LogP contribution in [0.1, 0.15) is 21.5 Å². The number of nitrogens with zero attached hydrogens (tertiary/aromatic N) is 5. The van der Waals surface area contributed by atoms with E-state index < -0.39 is 26.6 Å². The minimum Gasteiger partial charge on any atom is -0.322 e. The van der Waals surface area contributed by atoms with Crippen LogP contribution in [0.3, 0.4) is 0 Å². The summed E-state index contributed by atoms with van der Waals surface area (Å²) in [6.45, 7) is 3.57. The number of benzene rings is 2. The van der Waals surface area contributed by atoms with Crippen molar-refractivity contribution in [2.24, 2.45) is 0 Å². The Bertz CT molecular complexity index is 1740. The Labute approximate surface area is 221 Å². The van der Waals surface area contributed by atoms with E-state index in [4.69, 9.17) is 0 Å². The van der Waals surface area contributed by atoms with Gasteiger partial charge in [0.15, 0.2) is 0 Å². The van der Waals surface area contributed by atoms with Gasteiger partial charge in [0, 0.05) is 40.4 Å². The molecule has 0 aliphatic heterocycles. The summed E-state index contributed by atoms with van der Waals surface area (Å²) >= 11 is 2.80. The van der Waals surface area contributed by atoms with Gasteiger partial charge in [-0.1, -0.05) is 41.4 Å². The van der Waals surface area contributed by atoms with Gasteiger partial charge >= 0.3 is 10.2 Å². The molecule has 0 radical (unpaired) electrons. The molecule has 0 saturated heterocycles. The summed E-state index contributed by atoms with van der Waals surface area (Å²) in [7, 11) is -10.00. The summed E-state index contributed by atoms with van der Waals surface area (Å²) in [5.74, 6) is -0.973. The van der Waals surface area contributed by atoms with E-state index >= 15 is 0 Å². The molecule has 1 amide bonds. The highest BCUT2D eigenvalue weighted by Gasteiger charge is 2.65. The fourth-order valence-corrected chi connectivity index (χ4v) is 5.34. The highest BCUT2D eigenvalue weighted by Crippen LogP contribution is 3.02. The van der Waals surface area contributed by atoms with Crippen LogP contribution in [0.5, 0.6) is 0 Å². The standard InChI is InChI=1S/C24H18BrF5N6OS/c1-14-8-15(2)22(35-6-7-36-23(35)13-21(34-36)19-4-3-5-31-33-19)12-20(14)32-24(37)16-9-17(25)11-18(10-16)38(26,27,28,29)30/h3-13H,1-2H3,(H,32,37). The molecule has 0 fully saturated rings. The molecule has 0 bridgehead atoms. The quantitative estimate of drug-likeness (QED) is 0.205. The molecule has 5 rings (SSSR count). The number of anilines is 1. The van der Waals surface area contributed by atoms with Gasteiger partial charge in [-0.3, -0.25) is 9.36 Å². The molecule has 14 heteroatoms. The number of nitrogens with one attached hydrogen (secondary N) is 1. The van der Waals surface area contributed by atoms with E-state index in [1.165, 1.54) is 0 Å².